The number of nitrogens with zero attached hydrogens (tertiary/aromatic N) is 1. The molecule has 4 nitrogen and oxygen atoms in total. The minimum atomic E-state index is -0.950. The Labute approximate surface area is 157 Å². The molecule has 0 aliphatic rings. The highest BCUT2D eigenvalue weighted by Crippen LogP contribution is 2.39. The zero-order chi connectivity index (χ0) is 18.7. The predicted molar refractivity (Wildman–Crippen MR) is 102 cm³/mol. The third-order valence-electron chi connectivity index (χ3n) is 4.50. The molecule has 3 rings (SSSR count). The summed E-state index contributed by atoms with van der Waals surface area (Å²) >= 11 is 6.03. The second-order valence-electron chi connectivity index (χ2n) is 6.10. The molecule has 0 saturated heterocycles. The van der Waals surface area contributed by atoms with Crippen LogP contribution in [0.25, 0.3) is 10.9 Å². The largest absolute Gasteiger partial charge is 0.465 e. The molecule has 3 aromatic rings. The Balaban J connectivity index is 2.23. The van der Waals surface area contributed by atoms with E-state index in [2.05, 4.69) is 11.1 Å². The Bertz CT molecular complexity index is 970. The standard InChI is InChI=1S/C21H19ClN2O2/c1-3-26-21(25)17(12-23)20(14-8-10-15(22)11-9-14)19-13(2)24-18-7-5-4-6-16(18)19/h4-11,17,20,24H,3H2,1-2H3/t17-,20-/m1/s1. The van der Waals surface area contributed by atoms with Gasteiger partial charge in [0, 0.05) is 27.5 Å². The second-order valence-corrected chi connectivity index (χ2v) is 6.53. The van der Waals surface area contributed by atoms with Crippen LogP contribution in [0.15, 0.2) is 48.5 Å². The molecule has 0 amide bonds. The van der Waals surface area contributed by atoms with Gasteiger partial charge in [0.2, 0.25) is 0 Å². The van der Waals surface area contributed by atoms with Gasteiger partial charge < -0.3 is 9.72 Å². The Morgan fingerprint density at radius 3 is 2.58 bits per heavy atom. The van der Waals surface area contributed by atoms with Gasteiger partial charge in [-0.3, -0.25) is 4.79 Å². The molecule has 0 unspecified atom stereocenters. The number of aromatic amines is 1. The van der Waals surface area contributed by atoms with Gasteiger partial charge in [-0.2, -0.15) is 5.26 Å². The van der Waals surface area contributed by atoms with Crippen LogP contribution < -0.4 is 0 Å². The van der Waals surface area contributed by atoms with E-state index in [4.69, 9.17) is 16.3 Å². The van der Waals surface area contributed by atoms with E-state index in [0.717, 1.165) is 27.7 Å². The number of esters is 1. The molecule has 0 spiro atoms. The molecule has 26 heavy (non-hydrogen) atoms. The first-order valence-corrected chi connectivity index (χ1v) is 8.83. The van der Waals surface area contributed by atoms with Crippen molar-refractivity contribution >= 4 is 28.5 Å². The van der Waals surface area contributed by atoms with Crippen molar-refractivity contribution < 1.29 is 9.53 Å². The van der Waals surface area contributed by atoms with Crippen molar-refractivity contribution in [1.82, 2.24) is 4.98 Å². The van der Waals surface area contributed by atoms with Crippen molar-refractivity contribution in [3.05, 3.63) is 70.4 Å². The molecule has 2 aromatic carbocycles. The molecular formula is C21H19ClN2O2. The van der Waals surface area contributed by atoms with E-state index >= 15 is 0 Å². The fourth-order valence-corrected chi connectivity index (χ4v) is 3.52. The maximum Gasteiger partial charge on any atom is 0.324 e. The summed E-state index contributed by atoms with van der Waals surface area (Å²) in [4.78, 5) is 15.9. The summed E-state index contributed by atoms with van der Waals surface area (Å²) in [6, 6.07) is 17.3. The minimum absolute atomic E-state index is 0.233. The summed E-state index contributed by atoms with van der Waals surface area (Å²) in [7, 11) is 0. The SMILES string of the molecule is CCOC(=O)[C@H](C#N)[C@@H](c1ccc(Cl)cc1)c1c(C)[nH]c2ccccc12. The zero-order valence-corrected chi connectivity index (χ0v) is 15.4. The third kappa shape index (κ3) is 3.31. The monoisotopic (exact) mass is 366 g/mol. The highest BCUT2D eigenvalue weighted by Gasteiger charge is 2.35. The maximum atomic E-state index is 12.5. The van der Waals surface area contributed by atoms with Crippen LogP contribution >= 0.6 is 11.6 Å². The van der Waals surface area contributed by atoms with Crippen LogP contribution in [0.2, 0.25) is 5.02 Å². The van der Waals surface area contributed by atoms with Crippen molar-refractivity contribution in [2.45, 2.75) is 19.8 Å². The smallest absolute Gasteiger partial charge is 0.324 e. The molecule has 0 fully saturated rings. The fraction of sp³-hybridized carbons (Fsp3) is 0.238. The van der Waals surface area contributed by atoms with Crippen molar-refractivity contribution in [3.8, 4) is 6.07 Å². The number of fused-ring (bicyclic) bond motifs is 1. The van der Waals surface area contributed by atoms with E-state index in [1.165, 1.54) is 0 Å². The molecule has 0 aliphatic heterocycles. The normalized spacial score (nSPS) is 13.2. The molecule has 2 atom stereocenters. The Morgan fingerprint density at radius 1 is 1.23 bits per heavy atom. The predicted octanol–water partition coefficient (Wildman–Crippen LogP) is 4.96. The van der Waals surface area contributed by atoms with Crippen LogP contribution in [-0.2, 0) is 9.53 Å². The lowest BCUT2D eigenvalue weighted by molar-refractivity contribution is -0.146. The number of ether oxygens (including phenoxy) is 1. The lowest BCUT2D eigenvalue weighted by Crippen LogP contribution is -2.24. The van der Waals surface area contributed by atoms with Gasteiger partial charge in [0.15, 0.2) is 5.92 Å². The number of rotatable bonds is 5. The first-order valence-electron chi connectivity index (χ1n) is 8.45. The van der Waals surface area contributed by atoms with E-state index in [9.17, 15) is 10.1 Å². The molecule has 5 heteroatoms. The molecular weight excluding hydrogens is 348 g/mol. The summed E-state index contributed by atoms with van der Waals surface area (Å²) in [5, 5.41) is 11.4. The van der Waals surface area contributed by atoms with E-state index in [-0.39, 0.29) is 6.61 Å². The molecule has 1 heterocycles. The summed E-state index contributed by atoms with van der Waals surface area (Å²) in [6.07, 6.45) is 0. The van der Waals surface area contributed by atoms with Crippen LogP contribution in [0.1, 0.15) is 29.7 Å². The van der Waals surface area contributed by atoms with Crippen LogP contribution in [0, 0.1) is 24.2 Å². The van der Waals surface area contributed by atoms with E-state index in [1.54, 1.807) is 19.1 Å². The Morgan fingerprint density at radius 2 is 1.92 bits per heavy atom. The van der Waals surface area contributed by atoms with Crippen molar-refractivity contribution in [2.75, 3.05) is 6.61 Å². The number of carbonyl (C=O) groups is 1. The third-order valence-corrected chi connectivity index (χ3v) is 4.75. The number of H-pyrrole nitrogens is 1. The molecule has 132 valence electrons. The average Bonchev–Trinajstić information content (AvgIpc) is 2.96. The molecule has 0 radical (unpaired) electrons. The molecule has 1 N–H and O–H groups in total. The molecule has 0 saturated carbocycles. The van der Waals surface area contributed by atoms with Gasteiger partial charge >= 0.3 is 5.97 Å². The van der Waals surface area contributed by atoms with Crippen molar-refractivity contribution in [2.24, 2.45) is 5.92 Å². The number of hydrogen-bond acceptors (Lipinski definition) is 3. The van der Waals surface area contributed by atoms with Crippen LogP contribution in [0.4, 0.5) is 0 Å². The van der Waals surface area contributed by atoms with Crippen LogP contribution in [0.5, 0.6) is 0 Å². The second kappa shape index (κ2) is 7.63. The van der Waals surface area contributed by atoms with Crippen molar-refractivity contribution in [3.63, 3.8) is 0 Å². The number of aryl methyl sites for hydroxylation is 1. The average molecular weight is 367 g/mol. The molecule has 0 bridgehead atoms. The fourth-order valence-electron chi connectivity index (χ4n) is 3.39. The Kier molecular flexibility index (Phi) is 5.29. The molecule has 0 aliphatic carbocycles. The number of nitrogens with one attached hydrogen (secondary N) is 1. The lowest BCUT2D eigenvalue weighted by atomic mass is 9.80. The van der Waals surface area contributed by atoms with Gasteiger partial charge in [0.05, 0.1) is 12.7 Å². The highest BCUT2D eigenvalue weighted by molar-refractivity contribution is 6.30. The number of hydrogen-bond donors (Lipinski definition) is 1. The number of benzene rings is 2. The van der Waals surface area contributed by atoms with Crippen LogP contribution in [-0.4, -0.2) is 17.6 Å². The number of halogens is 1. The van der Waals surface area contributed by atoms with Gasteiger partial charge in [-0.15, -0.1) is 0 Å². The molecule has 1 aromatic heterocycles. The van der Waals surface area contributed by atoms with Gasteiger partial charge in [0.1, 0.15) is 0 Å². The summed E-state index contributed by atoms with van der Waals surface area (Å²) in [5.41, 5.74) is 3.68. The topological polar surface area (TPSA) is 65.9 Å². The number of aromatic nitrogens is 1. The van der Waals surface area contributed by atoms with Gasteiger partial charge in [-0.25, -0.2) is 0 Å². The van der Waals surface area contributed by atoms with Crippen LogP contribution in [0.3, 0.4) is 0 Å². The summed E-state index contributed by atoms with van der Waals surface area (Å²) < 4.78 is 5.17. The number of para-hydroxylation sites is 1. The first-order chi connectivity index (χ1) is 12.6. The maximum absolute atomic E-state index is 12.5. The first kappa shape index (κ1) is 18.0. The Hall–Kier alpha value is -2.77. The lowest BCUT2D eigenvalue weighted by Gasteiger charge is -2.22. The summed E-state index contributed by atoms with van der Waals surface area (Å²) in [6.45, 7) is 3.93. The van der Waals surface area contributed by atoms with E-state index < -0.39 is 17.8 Å². The highest BCUT2D eigenvalue weighted by atomic mass is 35.5. The van der Waals surface area contributed by atoms with Gasteiger partial charge in [-0.05, 0) is 43.2 Å². The minimum Gasteiger partial charge on any atom is -0.465 e. The van der Waals surface area contributed by atoms with Gasteiger partial charge in [0.25, 0.3) is 0 Å². The van der Waals surface area contributed by atoms with E-state index in [0.29, 0.717) is 5.02 Å². The zero-order valence-electron chi connectivity index (χ0n) is 14.6. The summed E-state index contributed by atoms with van der Waals surface area (Å²) in [5.74, 6) is -1.92. The van der Waals surface area contributed by atoms with Crippen molar-refractivity contribution in [1.29, 1.82) is 5.26 Å². The quantitative estimate of drug-likeness (QED) is 0.648. The van der Waals surface area contributed by atoms with E-state index in [1.807, 2.05) is 43.3 Å². The number of carbonyl (C=O) groups excluding carboxylic acids is 1. The number of nitriles is 1. The van der Waals surface area contributed by atoms with Gasteiger partial charge in [-0.1, -0.05) is 41.9 Å².